The van der Waals surface area contributed by atoms with Crippen molar-refractivity contribution in [3.8, 4) is 0 Å². The molecule has 0 spiro atoms. The molecule has 3 heteroatoms. The van der Waals surface area contributed by atoms with Crippen LogP contribution in [0.1, 0.15) is 33.1 Å². The molecule has 1 unspecified atom stereocenters. The Hall–Kier alpha value is -0.830. The summed E-state index contributed by atoms with van der Waals surface area (Å²) in [6.45, 7) is 4.42. The number of thioether (sulfide) groups is 1. The molecule has 0 saturated carbocycles. The quantitative estimate of drug-likeness (QED) is 0.683. The maximum absolute atomic E-state index is 7.54. The third-order valence-corrected chi connectivity index (χ3v) is 3.46. The summed E-state index contributed by atoms with van der Waals surface area (Å²) in [6.07, 6.45) is 9.15. The molecule has 0 heterocycles. The largest absolute Gasteiger partial charge is 0.299 e. The van der Waals surface area contributed by atoms with Gasteiger partial charge in [-0.25, -0.2) is 0 Å². The van der Waals surface area contributed by atoms with Crippen molar-refractivity contribution < 1.29 is 0 Å². The van der Waals surface area contributed by atoms with E-state index in [-0.39, 0.29) is 0 Å². The molecule has 2 nitrogen and oxygen atoms in total. The van der Waals surface area contributed by atoms with E-state index in [2.05, 4.69) is 13.8 Å². The first-order chi connectivity index (χ1) is 7.13. The van der Waals surface area contributed by atoms with E-state index in [9.17, 15) is 0 Å². The monoisotopic (exact) mass is 222 g/mol. The highest BCUT2D eigenvalue weighted by molar-refractivity contribution is 8.03. The Morgan fingerprint density at radius 3 is 2.60 bits per heavy atom. The van der Waals surface area contributed by atoms with Crippen LogP contribution < -0.4 is 0 Å². The summed E-state index contributed by atoms with van der Waals surface area (Å²) in [7, 11) is 0. The molecule has 0 fully saturated rings. The SMILES string of the molecule is CCCCC(C)SC1=CC(=N)C(=N)C=C1. The molecule has 0 bridgehead atoms. The number of unbranched alkanes of at least 4 members (excludes halogenated alkanes) is 1. The van der Waals surface area contributed by atoms with E-state index in [1.807, 2.05) is 6.08 Å². The smallest absolute Gasteiger partial charge is 0.0800 e. The summed E-state index contributed by atoms with van der Waals surface area (Å²) < 4.78 is 0. The van der Waals surface area contributed by atoms with Crippen LogP contribution >= 0.6 is 11.8 Å². The van der Waals surface area contributed by atoms with Crippen LogP contribution in [0.2, 0.25) is 0 Å². The zero-order chi connectivity index (χ0) is 11.3. The summed E-state index contributed by atoms with van der Waals surface area (Å²) in [5.74, 6) is 0. The summed E-state index contributed by atoms with van der Waals surface area (Å²) in [5.41, 5.74) is 0.628. The standard InChI is InChI=1S/C12H18N2S/c1-3-4-5-9(2)15-10-6-7-11(13)12(14)8-10/h6-9,13-14H,3-5H2,1-2H3. The zero-order valence-electron chi connectivity index (χ0n) is 9.34. The Kier molecular flexibility index (Phi) is 4.82. The van der Waals surface area contributed by atoms with Crippen molar-refractivity contribution in [2.24, 2.45) is 0 Å². The van der Waals surface area contributed by atoms with Crippen molar-refractivity contribution in [2.45, 2.75) is 38.4 Å². The van der Waals surface area contributed by atoms with Gasteiger partial charge in [-0.2, -0.15) is 0 Å². The third-order valence-electron chi connectivity index (χ3n) is 2.29. The average Bonchev–Trinajstić information content (AvgIpc) is 2.20. The minimum atomic E-state index is 0.306. The fourth-order valence-corrected chi connectivity index (χ4v) is 2.46. The lowest BCUT2D eigenvalue weighted by Gasteiger charge is -2.13. The van der Waals surface area contributed by atoms with Crippen LogP contribution in [-0.2, 0) is 0 Å². The van der Waals surface area contributed by atoms with E-state index in [1.165, 1.54) is 19.3 Å². The lowest BCUT2D eigenvalue weighted by atomic mass is 10.1. The zero-order valence-corrected chi connectivity index (χ0v) is 10.2. The van der Waals surface area contributed by atoms with Crippen molar-refractivity contribution in [1.29, 1.82) is 10.8 Å². The van der Waals surface area contributed by atoms with Crippen molar-refractivity contribution in [1.82, 2.24) is 0 Å². The average molecular weight is 222 g/mol. The van der Waals surface area contributed by atoms with Gasteiger partial charge in [-0.3, -0.25) is 10.8 Å². The van der Waals surface area contributed by atoms with Gasteiger partial charge in [-0.1, -0.05) is 26.7 Å². The summed E-state index contributed by atoms with van der Waals surface area (Å²) in [4.78, 5) is 1.11. The Morgan fingerprint density at radius 2 is 2.00 bits per heavy atom. The number of allylic oxidation sites excluding steroid dienone is 3. The fraction of sp³-hybridized carbons (Fsp3) is 0.500. The van der Waals surface area contributed by atoms with Gasteiger partial charge in [0.1, 0.15) is 0 Å². The first kappa shape index (κ1) is 12.2. The Labute approximate surface area is 95.9 Å². The molecule has 15 heavy (non-hydrogen) atoms. The Balaban J connectivity index is 2.46. The molecule has 0 aromatic rings. The molecule has 0 amide bonds. The number of rotatable bonds is 5. The predicted octanol–water partition coefficient (Wildman–Crippen LogP) is 3.79. The van der Waals surface area contributed by atoms with Crippen LogP contribution in [0.15, 0.2) is 23.1 Å². The van der Waals surface area contributed by atoms with E-state index >= 15 is 0 Å². The maximum Gasteiger partial charge on any atom is 0.0800 e. The summed E-state index contributed by atoms with van der Waals surface area (Å²) in [6, 6.07) is 0. The first-order valence-electron chi connectivity index (χ1n) is 5.37. The highest BCUT2D eigenvalue weighted by atomic mass is 32.2. The molecule has 1 aliphatic carbocycles. The number of hydrogen-bond acceptors (Lipinski definition) is 3. The highest BCUT2D eigenvalue weighted by Crippen LogP contribution is 2.27. The third kappa shape index (κ3) is 4.04. The van der Waals surface area contributed by atoms with E-state index in [4.69, 9.17) is 10.8 Å². The lowest BCUT2D eigenvalue weighted by Crippen LogP contribution is -2.10. The van der Waals surface area contributed by atoms with Crippen LogP contribution in [0.3, 0.4) is 0 Å². The second-order valence-electron chi connectivity index (χ2n) is 3.78. The molecule has 1 atom stereocenters. The Bertz CT molecular complexity index is 316. The van der Waals surface area contributed by atoms with Crippen LogP contribution in [-0.4, -0.2) is 16.7 Å². The second kappa shape index (κ2) is 5.91. The van der Waals surface area contributed by atoms with Crippen LogP contribution in [0, 0.1) is 10.8 Å². The van der Waals surface area contributed by atoms with Crippen molar-refractivity contribution in [3.63, 3.8) is 0 Å². The topological polar surface area (TPSA) is 47.7 Å². The molecular weight excluding hydrogens is 204 g/mol. The van der Waals surface area contributed by atoms with Gasteiger partial charge in [0.2, 0.25) is 0 Å². The van der Waals surface area contributed by atoms with Crippen molar-refractivity contribution >= 4 is 23.2 Å². The molecule has 1 rings (SSSR count). The maximum atomic E-state index is 7.54. The van der Waals surface area contributed by atoms with Crippen molar-refractivity contribution in [3.05, 3.63) is 23.1 Å². The van der Waals surface area contributed by atoms with Crippen molar-refractivity contribution in [2.75, 3.05) is 0 Å². The van der Waals surface area contributed by atoms with Gasteiger partial charge in [-0.05, 0) is 24.6 Å². The predicted molar refractivity (Wildman–Crippen MR) is 69.3 cm³/mol. The molecule has 0 aromatic carbocycles. The molecule has 82 valence electrons. The molecule has 0 aromatic heterocycles. The second-order valence-corrected chi connectivity index (χ2v) is 5.29. The van der Waals surface area contributed by atoms with Crippen LogP contribution in [0.5, 0.6) is 0 Å². The van der Waals surface area contributed by atoms with Gasteiger partial charge in [0.05, 0.1) is 11.4 Å². The summed E-state index contributed by atoms with van der Waals surface area (Å²) >= 11 is 1.80. The molecular formula is C12H18N2S. The molecule has 0 aliphatic heterocycles. The first-order valence-corrected chi connectivity index (χ1v) is 6.25. The lowest BCUT2D eigenvalue weighted by molar-refractivity contribution is 0.714. The van der Waals surface area contributed by atoms with Crippen LogP contribution in [0.4, 0.5) is 0 Å². The normalized spacial score (nSPS) is 17.9. The molecule has 2 N–H and O–H groups in total. The van der Waals surface area contributed by atoms with Gasteiger partial charge in [0.15, 0.2) is 0 Å². The number of hydrogen-bond donors (Lipinski definition) is 2. The van der Waals surface area contributed by atoms with Gasteiger partial charge in [0.25, 0.3) is 0 Å². The highest BCUT2D eigenvalue weighted by Gasteiger charge is 2.10. The molecule has 1 aliphatic rings. The number of nitrogens with one attached hydrogen (secondary N) is 2. The van der Waals surface area contributed by atoms with Gasteiger partial charge < -0.3 is 0 Å². The van der Waals surface area contributed by atoms with Gasteiger partial charge in [0, 0.05) is 10.2 Å². The van der Waals surface area contributed by atoms with Gasteiger partial charge >= 0.3 is 0 Å². The Morgan fingerprint density at radius 1 is 1.27 bits per heavy atom. The minimum Gasteiger partial charge on any atom is -0.299 e. The molecule has 0 saturated heterocycles. The van der Waals surface area contributed by atoms with E-state index in [1.54, 1.807) is 23.9 Å². The van der Waals surface area contributed by atoms with E-state index in [0.717, 1.165) is 4.91 Å². The molecule has 0 radical (unpaired) electrons. The minimum absolute atomic E-state index is 0.306. The van der Waals surface area contributed by atoms with E-state index < -0.39 is 0 Å². The summed E-state index contributed by atoms with van der Waals surface area (Å²) in [5, 5.41) is 15.6. The van der Waals surface area contributed by atoms with E-state index in [0.29, 0.717) is 16.7 Å². The fourth-order valence-electron chi connectivity index (χ4n) is 1.38. The van der Waals surface area contributed by atoms with Gasteiger partial charge in [-0.15, -0.1) is 11.8 Å². The van der Waals surface area contributed by atoms with Crippen LogP contribution in [0.25, 0.3) is 0 Å².